The van der Waals surface area contributed by atoms with E-state index < -0.39 is 76.8 Å². The molecular weight excluding hydrogens is 657 g/mol. The van der Waals surface area contributed by atoms with E-state index in [4.69, 9.17) is 16.3 Å². The summed E-state index contributed by atoms with van der Waals surface area (Å²) < 4.78 is 19.2. The molecule has 0 radical (unpaired) electrons. The number of ether oxygens (including phenoxy) is 1. The van der Waals surface area contributed by atoms with Crippen LogP contribution in [0.2, 0.25) is 5.02 Å². The molecule has 252 valence electrons. The van der Waals surface area contributed by atoms with E-state index in [2.05, 4.69) is 5.43 Å². The fraction of sp³-hybridized carbons (Fsp3) is 0.306. The Kier molecular flexibility index (Phi) is 7.93. The minimum Gasteiger partial charge on any atom is -0.504 e. The smallest absolute Gasteiger partial charge is 0.305 e. The number of aliphatic carboxylic acids is 1. The number of phenols is 1. The molecule has 3 N–H and O–H groups in total. The first-order chi connectivity index (χ1) is 23.5. The molecule has 0 bridgehead atoms. The van der Waals surface area contributed by atoms with Gasteiger partial charge in [0.1, 0.15) is 5.82 Å². The molecule has 2 heterocycles. The van der Waals surface area contributed by atoms with Crippen molar-refractivity contribution in [2.75, 3.05) is 19.1 Å². The number of phenolic OH excluding ortho intramolecular Hbond substituents is 1. The summed E-state index contributed by atoms with van der Waals surface area (Å²) in [5.41, 5.74) is 3.26. The number of allylic oxidation sites excluding steroid dienone is 2. The SMILES string of the molecule is COc1cc([C@H]2C3=CC[C@@H]4C(=O)N(CCC(=O)O)C(=O)[C@@H]4[C@@H]3C[C@H]3C(=O)N(Nc4ccc(F)cc4)C(=O)[C@@]23c2ccc(Cl)cc2)ccc1O. The highest BCUT2D eigenvalue weighted by Crippen LogP contribution is 2.64. The Labute approximate surface area is 284 Å². The van der Waals surface area contributed by atoms with Crippen molar-refractivity contribution in [2.24, 2.45) is 23.7 Å². The number of carbonyl (C=O) groups is 5. The van der Waals surface area contributed by atoms with Gasteiger partial charge in [0.15, 0.2) is 11.5 Å². The number of fused-ring (bicyclic) bond motifs is 4. The summed E-state index contributed by atoms with van der Waals surface area (Å²) in [4.78, 5) is 69.5. The molecule has 2 aliphatic carbocycles. The van der Waals surface area contributed by atoms with Crippen LogP contribution < -0.4 is 10.2 Å². The second kappa shape index (κ2) is 12.0. The first-order valence-corrected chi connectivity index (χ1v) is 16.2. The number of hydrogen-bond acceptors (Lipinski definition) is 8. The summed E-state index contributed by atoms with van der Waals surface area (Å²) in [5.74, 6) is -8.07. The highest BCUT2D eigenvalue weighted by Gasteiger charge is 2.70. The van der Waals surface area contributed by atoms with E-state index >= 15 is 4.79 Å². The second-order valence-corrected chi connectivity index (χ2v) is 13.2. The van der Waals surface area contributed by atoms with E-state index in [1.165, 1.54) is 37.4 Å². The number of imide groups is 2. The molecule has 11 nitrogen and oxygen atoms in total. The number of aromatic hydroxyl groups is 1. The van der Waals surface area contributed by atoms with Crippen LogP contribution in [0.3, 0.4) is 0 Å². The van der Waals surface area contributed by atoms with Gasteiger partial charge in [-0.1, -0.05) is 41.4 Å². The molecule has 0 unspecified atom stereocenters. The fourth-order valence-corrected chi connectivity index (χ4v) is 8.52. The van der Waals surface area contributed by atoms with Gasteiger partial charge in [0.25, 0.3) is 11.8 Å². The summed E-state index contributed by atoms with van der Waals surface area (Å²) in [6.07, 6.45) is 1.65. The Morgan fingerprint density at radius 3 is 2.39 bits per heavy atom. The van der Waals surface area contributed by atoms with Gasteiger partial charge in [-0.2, -0.15) is 5.01 Å². The van der Waals surface area contributed by atoms with E-state index in [0.29, 0.717) is 21.7 Å². The largest absolute Gasteiger partial charge is 0.504 e. The maximum Gasteiger partial charge on any atom is 0.305 e. The van der Waals surface area contributed by atoms with Crippen LogP contribution in [0.4, 0.5) is 10.1 Å². The molecular formula is C36H31ClFN3O8. The van der Waals surface area contributed by atoms with Crippen molar-refractivity contribution in [1.29, 1.82) is 0 Å². The summed E-state index contributed by atoms with van der Waals surface area (Å²) in [6.45, 7) is -0.272. The maximum absolute atomic E-state index is 15.1. The van der Waals surface area contributed by atoms with E-state index in [9.17, 15) is 33.8 Å². The lowest BCUT2D eigenvalue weighted by molar-refractivity contribution is -0.143. The van der Waals surface area contributed by atoms with Gasteiger partial charge in [-0.05, 0) is 78.4 Å². The molecule has 0 spiro atoms. The van der Waals surface area contributed by atoms with Crippen molar-refractivity contribution in [3.63, 3.8) is 0 Å². The van der Waals surface area contributed by atoms with Crippen LogP contribution in [0, 0.1) is 29.5 Å². The van der Waals surface area contributed by atoms with Crippen LogP contribution in [0.15, 0.2) is 78.4 Å². The van der Waals surface area contributed by atoms with Crippen LogP contribution >= 0.6 is 11.6 Å². The van der Waals surface area contributed by atoms with Crippen LogP contribution in [0.1, 0.15) is 36.3 Å². The summed E-state index contributed by atoms with van der Waals surface area (Å²) >= 11 is 6.30. The number of amides is 4. The van der Waals surface area contributed by atoms with Crippen LogP contribution in [0.5, 0.6) is 11.5 Å². The zero-order valence-corrected chi connectivity index (χ0v) is 26.9. The zero-order chi connectivity index (χ0) is 34.8. The van der Waals surface area contributed by atoms with E-state index in [1.807, 2.05) is 6.08 Å². The quantitative estimate of drug-likeness (QED) is 0.227. The highest BCUT2D eigenvalue weighted by molar-refractivity contribution is 6.30. The topological polar surface area (TPSA) is 154 Å². The fourth-order valence-electron chi connectivity index (χ4n) is 8.40. The van der Waals surface area contributed by atoms with Crippen molar-refractivity contribution in [1.82, 2.24) is 9.91 Å². The molecule has 2 saturated heterocycles. The van der Waals surface area contributed by atoms with Crippen LogP contribution in [-0.4, -0.2) is 63.4 Å². The number of carboxylic acid groups (broad SMARTS) is 1. The van der Waals surface area contributed by atoms with E-state index in [0.717, 1.165) is 9.91 Å². The van der Waals surface area contributed by atoms with Crippen molar-refractivity contribution in [3.8, 4) is 11.5 Å². The third kappa shape index (κ3) is 4.96. The van der Waals surface area contributed by atoms with Crippen molar-refractivity contribution < 1.29 is 43.3 Å². The predicted octanol–water partition coefficient (Wildman–Crippen LogP) is 4.65. The van der Waals surface area contributed by atoms with Gasteiger partial charge < -0.3 is 14.9 Å². The molecule has 3 aromatic rings. The lowest BCUT2D eigenvalue weighted by atomic mass is 9.49. The third-order valence-corrected chi connectivity index (χ3v) is 10.7. The molecule has 2 aliphatic heterocycles. The van der Waals surface area contributed by atoms with E-state index in [-0.39, 0.29) is 36.6 Å². The number of benzene rings is 3. The van der Waals surface area contributed by atoms with Crippen molar-refractivity contribution in [3.05, 3.63) is 100 Å². The van der Waals surface area contributed by atoms with Gasteiger partial charge in [0, 0.05) is 17.5 Å². The van der Waals surface area contributed by atoms with Gasteiger partial charge in [-0.25, -0.2) is 4.39 Å². The normalized spacial score (nSPS) is 27.4. The van der Waals surface area contributed by atoms with Crippen LogP contribution in [-0.2, 0) is 29.4 Å². The molecule has 6 atom stereocenters. The Bertz CT molecular complexity index is 1930. The van der Waals surface area contributed by atoms with Gasteiger partial charge in [-0.15, -0.1) is 0 Å². The molecule has 1 saturated carbocycles. The molecule has 4 aliphatic rings. The highest BCUT2D eigenvalue weighted by atomic mass is 35.5. The van der Waals surface area contributed by atoms with Gasteiger partial charge in [0.05, 0.1) is 42.4 Å². The molecule has 49 heavy (non-hydrogen) atoms. The molecule has 13 heteroatoms. The second-order valence-electron chi connectivity index (χ2n) is 12.8. The molecule has 3 aromatic carbocycles. The number of carboxylic acids is 1. The average molecular weight is 688 g/mol. The third-order valence-electron chi connectivity index (χ3n) is 10.4. The molecule has 4 amide bonds. The summed E-state index contributed by atoms with van der Waals surface area (Å²) in [7, 11) is 1.39. The number of likely N-dealkylation sites (tertiary alicyclic amines) is 1. The summed E-state index contributed by atoms with van der Waals surface area (Å²) in [6, 6.07) is 16.5. The van der Waals surface area contributed by atoms with Gasteiger partial charge in [-0.3, -0.25) is 34.3 Å². The first-order valence-electron chi connectivity index (χ1n) is 15.8. The number of carbonyl (C=O) groups excluding carboxylic acids is 4. The van der Waals surface area contributed by atoms with Crippen molar-refractivity contribution >= 4 is 46.9 Å². The number of nitrogens with one attached hydrogen (secondary N) is 1. The predicted molar refractivity (Wildman–Crippen MR) is 173 cm³/mol. The zero-order valence-electron chi connectivity index (χ0n) is 26.1. The lowest BCUT2D eigenvalue weighted by Crippen LogP contribution is -2.53. The van der Waals surface area contributed by atoms with E-state index in [1.54, 1.807) is 36.4 Å². The number of rotatable bonds is 8. The number of anilines is 1. The Morgan fingerprint density at radius 2 is 1.71 bits per heavy atom. The Morgan fingerprint density at radius 1 is 1.00 bits per heavy atom. The lowest BCUT2D eigenvalue weighted by Gasteiger charge is -2.50. The maximum atomic E-state index is 15.1. The minimum absolute atomic E-state index is 0.0271. The number of halogens is 2. The van der Waals surface area contributed by atoms with Gasteiger partial charge in [0.2, 0.25) is 11.8 Å². The number of hydrogen-bond donors (Lipinski definition) is 3. The summed E-state index contributed by atoms with van der Waals surface area (Å²) in [5, 5.41) is 21.2. The Balaban J connectivity index is 1.43. The average Bonchev–Trinajstić information content (AvgIpc) is 3.45. The van der Waals surface area contributed by atoms with Crippen LogP contribution in [0.25, 0.3) is 0 Å². The van der Waals surface area contributed by atoms with Crippen molar-refractivity contribution in [2.45, 2.75) is 30.6 Å². The standard InChI is InChI=1S/C36H31ClFN3O8/c1-49-28-16-18(2-13-27(28)42)31-23-11-12-24-30(34(47)40(32(24)45)15-14-29(43)44)25(23)17-26-33(46)41(39-22-9-7-21(38)8-10-22)35(48)36(26,31)19-3-5-20(37)6-4-19/h2-11,13,16,24-26,30-31,39,42H,12,14-15,17H2,1H3,(H,43,44)/t24-,25+,26-,30-,31-,36+/m0/s1. The monoisotopic (exact) mass is 687 g/mol. The number of nitrogens with zero attached hydrogens (tertiary/aromatic N) is 2. The molecule has 7 rings (SSSR count). The molecule has 0 aromatic heterocycles. The number of hydrazine groups is 1. The minimum atomic E-state index is -1.60. The molecule has 3 fully saturated rings. The first kappa shape index (κ1) is 32.3. The van der Waals surface area contributed by atoms with Gasteiger partial charge >= 0.3 is 5.97 Å². The Hall–Kier alpha value is -5.23. The number of methoxy groups -OCH3 is 1.